The third kappa shape index (κ3) is 8.39. The van der Waals surface area contributed by atoms with Crippen molar-refractivity contribution in [3.8, 4) is 0 Å². The third-order valence-corrected chi connectivity index (χ3v) is 1.90. The second-order valence-electron chi connectivity index (χ2n) is 4.58. The Hall–Kier alpha value is -0.610. The molecule has 4 nitrogen and oxygen atoms in total. The number of hydrogen-bond donors (Lipinski definition) is 2. The highest BCUT2D eigenvalue weighted by Gasteiger charge is 2.15. The van der Waals surface area contributed by atoms with Gasteiger partial charge in [0.1, 0.15) is 5.60 Å². The summed E-state index contributed by atoms with van der Waals surface area (Å²) in [6.07, 6.45) is 1.19. The lowest BCUT2D eigenvalue weighted by molar-refractivity contribution is -0.154. The predicted octanol–water partition coefficient (Wildman–Crippen LogP) is 1.08. The summed E-state index contributed by atoms with van der Waals surface area (Å²) in [7, 11) is 0. The third-order valence-electron chi connectivity index (χ3n) is 1.90. The number of aliphatic hydroxyl groups excluding tert-OH is 1. The van der Waals surface area contributed by atoms with Crippen molar-refractivity contribution in [2.45, 2.75) is 52.2 Å². The van der Waals surface area contributed by atoms with Crippen LogP contribution in [0.2, 0.25) is 0 Å². The van der Waals surface area contributed by atoms with Crippen molar-refractivity contribution < 1.29 is 14.6 Å². The fourth-order valence-corrected chi connectivity index (χ4v) is 1.11. The van der Waals surface area contributed by atoms with Crippen LogP contribution in [0.1, 0.15) is 40.5 Å². The molecule has 90 valence electrons. The van der Waals surface area contributed by atoms with E-state index in [4.69, 9.17) is 9.84 Å². The van der Waals surface area contributed by atoms with Crippen molar-refractivity contribution in [2.24, 2.45) is 0 Å². The molecule has 0 aromatic carbocycles. The first-order valence-electron chi connectivity index (χ1n) is 5.45. The predicted molar refractivity (Wildman–Crippen MR) is 59.6 cm³/mol. The average Bonchev–Trinajstić information content (AvgIpc) is 2.09. The minimum absolute atomic E-state index is 0.0763. The van der Waals surface area contributed by atoms with Crippen molar-refractivity contribution in [1.29, 1.82) is 0 Å². The molecular formula is C11H23NO3. The van der Waals surface area contributed by atoms with Gasteiger partial charge in [-0.1, -0.05) is 6.92 Å². The minimum atomic E-state index is -0.418. The maximum absolute atomic E-state index is 11.3. The van der Waals surface area contributed by atoms with Crippen LogP contribution in [0.4, 0.5) is 0 Å². The maximum Gasteiger partial charge on any atom is 0.307 e. The molecule has 0 saturated heterocycles. The smallest absolute Gasteiger partial charge is 0.307 e. The highest BCUT2D eigenvalue weighted by molar-refractivity contribution is 5.70. The molecule has 0 bridgehead atoms. The van der Waals surface area contributed by atoms with E-state index in [2.05, 4.69) is 5.32 Å². The molecule has 0 aromatic heterocycles. The second-order valence-corrected chi connectivity index (χ2v) is 4.58. The minimum Gasteiger partial charge on any atom is -0.460 e. The molecular weight excluding hydrogens is 194 g/mol. The lowest BCUT2D eigenvalue weighted by Gasteiger charge is -2.20. The highest BCUT2D eigenvalue weighted by atomic mass is 16.6. The van der Waals surface area contributed by atoms with Crippen LogP contribution in [-0.2, 0) is 9.53 Å². The molecule has 2 N–H and O–H groups in total. The van der Waals surface area contributed by atoms with E-state index in [0.29, 0.717) is 13.0 Å². The maximum atomic E-state index is 11.3. The van der Waals surface area contributed by atoms with E-state index in [-0.39, 0.29) is 18.6 Å². The van der Waals surface area contributed by atoms with Crippen LogP contribution in [-0.4, -0.2) is 35.9 Å². The number of carbonyl (C=O) groups excluding carboxylic acids is 1. The molecule has 0 rings (SSSR count). The first-order chi connectivity index (χ1) is 6.89. The molecule has 1 atom stereocenters. The van der Waals surface area contributed by atoms with Gasteiger partial charge in [0.2, 0.25) is 0 Å². The van der Waals surface area contributed by atoms with Crippen molar-refractivity contribution in [3.05, 3.63) is 0 Å². The van der Waals surface area contributed by atoms with Crippen LogP contribution in [0.25, 0.3) is 0 Å². The summed E-state index contributed by atoms with van der Waals surface area (Å²) in [5.41, 5.74) is -0.418. The summed E-state index contributed by atoms with van der Waals surface area (Å²) in [6, 6.07) is 0.0763. The van der Waals surface area contributed by atoms with Gasteiger partial charge in [0.25, 0.3) is 0 Å². The van der Waals surface area contributed by atoms with Crippen LogP contribution in [0.3, 0.4) is 0 Å². The van der Waals surface area contributed by atoms with Crippen molar-refractivity contribution in [1.82, 2.24) is 5.32 Å². The lowest BCUT2D eigenvalue weighted by atomic mass is 10.2. The fourth-order valence-electron chi connectivity index (χ4n) is 1.11. The van der Waals surface area contributed by atoms with Crippen molar-refractivity contribution in [3.63, 3.8) is 0 Å². The standard InChI is InChI=1S/C11H23NO3/c1-5-9(8-13)12-7-6-10(14)15-11(2,3)4/h9,12-13H,5-8H2,1-4H3. The SMILES string of the molecule is CCC(CO)NCCC(=O)OC(C)(C)C. The first kappa shape index (κ1) is 14.4. The van der Waals surface area contributed by atoms with E-state index in [9.17, 15) is 4.79 Å². The zero-order valence-electron chi connectivity index (χ0n) is 10.2. The summed E-state index contributed by atoms with van der Waals surface area (Å²) < 4.78 is 5.15. The number of carbonyl (C=O) groups is 1. The van der Waals surface area contributed by atoms with E-state index in [1.807, 2.05) is 27.7 Å². The second kappa shape index (κ2) is 6.80. The van der Waals surface area contributed by atoms with Crippen LogP contribution >= 0.6 is 0 Å². The van der Waals surface area contributed by atoms with Gasteiger partial charge in [-0.25, -0.2) is 0 Å². The number of ether oxygens (including phenoxy) is 1. The van der Waals surface area contributed by atoms with Gasteiger partial charge in [-0.2, -0.15) is 0 Å². The number of nitrogens with one attached hydrogen (secondary N) is 1. The molecule has 0 heterocycles. The Morgan fingerprint density at radius 1 is 1.47 bits per heavy atom. The Kier molecular flexibility index (Phi) is 6.52. The van der Waals surface area contributed by atoms with Crippen LogP contribution < -0.4 is 5.32 Å². The zero-order chi connectivity index (χ0) is 11.9. The molecule has 0 aliphatic rings. The van der Waals surface area contributed by atoms with Gasteiger partial charge in [-0.05, 0) is 27.2 Å². The number of hydrogen-bond acceptors (Lipinski definition) is 4. The molecule has 4 heteroatoms. The van der Waals surface area contributed by atoms with E-state index < -0.39 is 5.60 Å². The summed E-state index contributed by atoms with van der Waals surface area (Å²) in [5.74, 6) is -0.206. The van der Waals surface area contributed by atoms with E-state index in [0.717, 1.165) is 6.42 Å². The Labute approximate surface area is 92.0 Å². The Morgan fingerprint density at radius 2 is 2.07 bits per heavy atom. The quantitative estimate of drug-likeness (QED) is 0.654. The molecule has 0 saturated carbocycles. The summed E-state index contributed by atoms with van der Waals surface area (Å²) in [5, 5.41) is 12.0. The van der Waals surface area contributed by atoms with Gasteiger partial charge in [-0.3, -0.25) is 4.79 Å². The highest BCUT2D eigenvalue weighted by Crippen LogP contribution is 2.07. The Balaban J connectivity index is 3.64. The number of aliphatic hydroxyl groups is 1. The van der Waals surface area contributed by atoms with Gasteiger partial charge in [0.05, 0.1) is 13.0 Å². The first-order valence-corrected chi connectivity index (χ1v) is 5.45. The molecule has 0 aliphatic carbocycles. The van der Waals surface area contributed by atoms with Crippen LogP contribution in [0, 0.1) is 0 Å². The molecule has 0 spiro atoms. The summed E-state index contributed by atoms with van der Waals surface area (Å²) in [4.78, 5) is 11.3. The van der Waals surface area contributed by atoms with Crippen LogP contribution in [0.5, 0.6) is 0 Å². The normalized spacial score (nSPS) is 13.7. The lowest BCUT2D eigenvalue weighted by Crippen LogP contribution is -2.34. The Morgan fingerprint density at radius 3 is 2.47 bits per heavy atom. The van der Waals surface area contributed by atoms with Gasteiger partial charge in [0, 0.05) is 12.6 Å². The van der Waals surface area contributed by atoms with Gasteiger partial charge in [0.15, 0.2) is 0 Å². The summed E-state index contributed by atoms with van der Waals surface area (Å²) >= 11 is 0. The zero-order valence-corrected chi connectivity index (χ0v) is 10.2. The van der Waals surface area contributed by atoms with Gasteiger partial charge >= 0.3 is 5.97 Å². The monoisotopic (exact) mass is 217 g/mol. The fraction of sp³-hybridized carbons (Fsp3) is 0.909. The molecule has 1 unspecified atom stereocenters. The molecule has 0 aliphatic heterocycles. The molecule has 0 radical (unpaired) electrons. The van der Waals surface area contributed by atoms with Crippen molar-refractivity contribution in [2.75, 3.05) is 13.2 Å². The largest absolute Gasteiger partial charge is 0.460 e. The van der Waals surface area contributed by atoms with Gasteiger partial charge in [-0.15, -0.1) is 0 Å². The number of rotatable bonds is 6. The molecule has 0 amide bonds. The topological polar surface area (TPSA) is 58.6 Å². The molecule has 0 fully saturated rings. The van der Waals surface area contributed by atoms with Gasteiger partial charge < -0.3 is 15.2 Å². The van der Waals surface area contributed by atoms with Crippen LogP contribution in [0.15, 0.2) is 0 Å². The molecule has 0 aromatic rings. The number of esters is 1. The van der Waals surface area contributed by atoms with Crippen molar-refractivity contribution >= 4 is 5.97 Å². The average molecular weight is 217 g/mol. The van der Waals surface area contributed by atoms with E-state index >= 15 is 0 Å². The molecule has 15 heavy (non-hydrogen) atoms. The van der Waals surface area contributed by atoms with E-state index in [1.54, 1.807) is 0 Å². The van der Waals surface area contributed by atoms with E-state index in [1.165, 1.54) is 0 Å². The Bertz CT molecular complexity index is 183. The summed E-state index contributed by atoms with van der Waals surface area (Å²) in [6.45, 7) is 8.18.